The first kappa shape index (κ1) is 21.0. The van der Waals surface area contributed by atoms with Gasteiger partial charge >= 0.3 is 0 Å². The van der Waals surface area contributed by atoms with Gasteiger partial charge in [-0.2, -0.15) is 0 Å². The molecule has 1 saturated carbocycles. The second kappa shape index (κ2) is 9.67. The van der Waals surface area contributed by atoms with Gasteiger partial charge in [-0.25, -0.2) is 0 Å². The van der Waals surface area contributed by atoms with Crippen molar-refractivity contribution in [3.05, 3.63) is 24.3 Å². The Kier molecular flexibility index (Phi) is 7.26. The fraction of sp³-hybridized carbons (Fsp3) is 0.619. The number of benzene rings is 1. The molecule has 1 aromatic rings. The third-order valence-corrected chi connectivity index (χ3v) is 5.70. The van der Waals surface area contributed by atoms with Crippen LogP contribution < -0.4 is 15.0 Å². The van der Waals surface area contributed by atoms with Gasteiger partial charge in [0.1, 0.15) is 17.1 Å². The van der Waals surface area contributed by atoms with E-state index >= 15 is 0 Å². The van der Waals surface area contributed by atoms with Crippen molar-refractivity contribution in [1.82, 2.24) is 5.32 Å². The maximum Gasteiger partial charge on any atom is 0.179 e. The molecule has 0 radical (unpaired) electrons. The van der Waals surface area contributed by atoms with Gasteiger partial charge in [-0.1, -0.05) is 19.3 Å². The maximum absolute atomic E-state index is 5.74. The Morgan fingerprint density at radius 2 is 1.75 bits per heavy atom. The molecule has 1 spiro atoms. The van der Waals surface area contributed by atoms with E-state index in [0.29, 0.717) is 24.9 Å². The molecule has 7 heteroatoms. The zero-order valence-corrected chi connectivity index (χ0v) is 17.9. The van der Waals surface area contributed by atoms with E-state index in [1.165, 1.54) is 6.42 Å². The minimum absolute atomic E-state index is 0.215. The summed E-state index contributed by atoms with van der Waals surface area (Å²) in [5.74, 6) is 1.78. The molecule has 1 aliphatic heterocycles. The van der Waals surface area contributed by atoms with Crippen LogP contribution in [0.4, 0.5) is 5.69 Å². The topological polar surface area (TPSA) is 55.3 Å². The van der Waals surface area contributed by atoms with Gasteiger partial charge in [0.2, 0.25) is 0 Å². The first-order valence-electron chi connectivity index (χ1n) is 10.2. The first-order valence-corrected chi connectivity index (χ1v) is 10.6. The number of thiocarbonyl (C=S) groups is 1. The van der Waals surface area contributed by atoms with Crippen LogP contribution in [0.25, 0.3) is 0 Å². The summed E-state index contributed by atoms with van der Waals surface area (Å²) in [6.45, 7) is 5.60. The summed E-state index contributed by atoms with van der Waals surface area (Å²) in [5, 5.41) is 4.10. The van der Waals surface area contributed by atoms with Crippen molar-refractivity contribution in [2.45, 2.75) is 57.8 Å². The second-order valence-electron chi connectivity index (χ2n) is 7.09. The van der Waals surface area contributed by atoms with E-state index in [1.54, 1.807) is 7.11 Å². The second-order valence-corrected chi connectivity index (χ2v) is 7.47. The number of anilines is 1. The summed E-state index contributed by atoms with van der Waals surface area (Å²) in [7, 11) is 1.68. The minimum Gasteiger partial charge on any atom is -0.497 e. The third kappa shape index (κ3) is 4.31. The molecule has 1 aromatic carbocycles. The lowest BCUT2D eigenvalue weighted by molar-refractivity contribution is -0.128. The van der Waals surface area contributed by atoms with Crippen LogP contribution >= 0.6 is 12.2 Å². The molecular weight excluding hydrogens is 374 g/mol. The number of rotatable bonds is 8. The van der Waals surface area contributed by atoms with E-state index in [1.807, 2.05) is 26.0 Å². The number of methoxy groups -OCH3 is 1. The number of nitrogens with one attached hydrogen (secondary N) is 1. The normalized spacial score (nSPS) is 20.2. The third-order valence-electron chi connectivity index (χ3n) is 5.41. The Balaban J connectivity index is 1.90. The highest BCUT2D eigenvalue weighted by atomic mass is 32.1. The van der Waals surface area contributed by atoms with E-state index < -0.39 is 0 Å². The lowest BCUT2D eigenvalue weighted by Gasteiger charge is -2.41. The van der Waals surface area contributed by atoms with Crippen LogP contribution in [0.3, 0.4) is 0 Å². The van der Waals surface area contributed by atoms with Crippen molar-refractivity contribution >= 4 is 28.9 Å². The van der Waals surface area contributed by atoms with Crippen LogP contribution in [0.2, 0.25) is 0 Å². The summed E-state index contributed by atoms with van der Waals surface area (Å²) in [5.41, 5.74) is 0.851. The summed E-state index contributed by atoms with van der Waals surface area (Å²) >= 11 is 5.74. The van der Waals surface area contributed by atoms with Gasteiger partial charge in [-0.15, -0.1) is 0 Å². The molecule has 1 saturated heterocycles. The van der Waals surface area contributed by atoms with Crippen molar-refractivity contribution in [1.29, 1.82) is 0 Å². The van der Waals surface area contributed by atoms with Crippen LogP contribution in [0.1, 0.15) is 46.0 Å². The fourth-order valence-electron chi connectivity index (χ4n) is 4.14. The average molecular weight is 406 g/mol. The Morgan fingerprint density at radius 1 is 1.11 bits per heavy atom. The molecule has 0 bridgehead atoms. The Labute approximate surface area is 173 Å². The minimum atomic E-state index is -0.325. The van der Waals surface area contributed by atoms with Crippen molar-refractivity contribution in [3.63, 3.8) is 0 Å². The van der Waals surface area contributed by atoms with E-state index in [9.17, 15) is 0 Å². The van der Waals surface area contributed by atoms with Crippen molar-refractivity contribution in [2.75, 3.05) is 31.8 Å². The summed E-state index contributed by atoms with van der Waals surface area (Å²) in [4.78, 5) is 7.15. The van der Waals surface area contributed by atoms with Gasteiger partial charge < -0.3 is 24.4 Å². The summed E-state index contributed by atoms with van der Waals surface area (Å²) in [6, 6.07) is 8.08. The molecule has 1 aliphatic carbocycles. The van der Waals surface area contributed by atoms with E-state index in [2.05, 4.69) is 22.3 Å². The maximum atomic E-state index is 5.74. The number of hydrogen-bond acceptors (Lipinski definition) is 5. The highest BCUT2D eigenvalue weighted by Crippen LogP contribution is 2.41. The Bertz CT molecular complexity index is 681. The highest BCUT2D eigenvalue weighted by molar-refractivity contribution is 7.80. The fourth-order valence-corrected chi connectivity index (χ4v) is 4.52. The van der Waals surface area contributed by atoms with E-state index in [0.717, 1.165) is 43.0 Å². The smallest absolute Gasteiger partial charge is 0.179 e. The monoisotopic (exact) mass is 405 g/mol. The number of aliphatic imine (C=N–C) groups is 1. The molecule has 0 atom stereocenters. The van der Waals surface area contributed by atoms with Crippen LogP contribution in [0.5, 0.6) is 5.75 Å². The molecule has 154 valence electrons. The quantitative estimate of drug-likeness (QED) is 0.523. The number of hydrogen-bond donors (Lipinski definition) is 1. The predicted molar refractivity (Wildman–Crippen MR) is 116 cm³/mol. The molecular formula is C21H31N3O3S. The van der Waals surface area contributed by atoms with Gasteiger partial charge in [0.15, 0.2) is 11.4 Å². The predicted octanol–water partition coefficient (Wildman–Crippen LogP) is 3.89. The van der Waals surface area contributed by atoms with Crippen LogP contribution in [0.15, 0.2) is 29.3 Å². The average Bonchev–Trinajstić information content (AvgIpc) is 2.97. The SMILES string of the molecule is CCOC(CN=C1NC(=S)N(c2ccc(OC)cc2)C12CCCCC2)OCC. The first-order chi connectivity index (χ1) is 13.6. The molecule has 28 heavy (non-hydrogen) atoms. The van der Waals surface area contributed by atoms with Crippen LogP contribution in [-0.2, 0) is 9.47 Å². The van der Waals surface area contributed by atoms with Crippen LogP contribution in [0, 0.1) is 0 Å². The highest BCUT2D eigenvalue weighted by Gasteiger charge is 2.50. The van der Waals surface area contributed by atoms with Crippen molar-refractivity contribution < 1.29 is 14.2 Å². The molecule has 0 aromatic heterocycles. The zero-order chi connectivity index (χ0) is 20.0. The van der Waals surface area contributed by atoms with Gasteiger partial charge in [0.05, 0.1) is 13.7 Å². The molecule has 2 aliphatic rings. The molecule has 2 fully saturated rings. The molecule has 3 rings (SSSR count). The largest absolute Gasteiger partial charge is 0.497 e. The lowest BCUT2D eigenvalue weighted by Crippen LogP contribution is -2.51. The Hall–Kier alpha value is -1.70. The summed E-state index contributed by atoms with van der Waals surface area (Å²) < 4.78 is 16.6. The number of ether oxygens (including phenoxy) is 3. The lowest BCUT2D eigenvalue weighted by atomic mass is 9.80. The van der Waals surface area contributed by atoms with Crippen LogP contribution in [-0.4, -0.2) is 49.6 Å². The van der Waals surface area contributed by atoms with Gasteiger partial charge in [-0.05, 0) is 63.2 Å². The van der Waals surface area contributed by atoms with E-state index in [-0.39, 0.29) is 11.8 Å². The van der Waals surface area contributed by atoms with Crippen molar-refractivity contribution in [3.8, 4) is 5.75 Å². The van der Waals surface area contributed by atoms with Gasteiger partial charge in [0, 0.05) is 18.9 Å². The zero-order valence-electron chi connectivity index (χ0n) is 17.1. The van der Waals surface area contributed by atoms with Gasteiger partial charge in [0.25, 0.3) is 0 Å². The van der Waals surface area contributed by atoms with Gasteiger partial charge in [-0.3, -0.25) is 4.99 Å². The Morgan fingerprint density at radius 3 is 2.32 bits per heavy atom. The molecule has 0 amide bonds. The standard InChI is InChI=1S/C21H31N3O3S/c1-4-26-18(27-5-2)15-22-19-21(13-7-6-8-14-21)24(20(28)23-19)16-9-11-17(25-3)12-10-16/h9-12,18H,4-8,13-15H2,1-3H3,(H,22,23,28). The molecule has 0 unspecified atom stereocenters. The molecule has 6 nitrogen and oxygen atoms in total. The molecule has 1 N–H and O–H groups in total. The van der Waals surface area contributed by atoms with Crippen molar-refractivity contribution in [2.24, 2.45) is 4.99 Å². The van der Waals surface area contributed by atoms with E-state index in [4.69, 9.17) is 31.4 Å². The number of nitrogens with zero attached hydrogens (tertiary/aromatic N) is 2. The molecule has 1 heterocycles. The summed E-state index contributed by atoms with van der Waals surface area (Å²) in [6.07, 6.45) is 5.30. The number of amidine groups is 1.